The summed E-state index contributed by atoms with van der Waals surface area (Å²) >= 11 is 0. The molecule has 0 unspecified atom stereocenters. The molecule has 1 heterocycles. The van der Waals surface area contributed by atoms with E-state index >= 15 is 0 Å². The number of esters is 1. The zero-order valence-corrected chi connectivity index (χ0v) is 11.3. The van der Waals surface area contributed by atoms with E-state index in [1.807, 2.05) is 0 Å². The van der Waals surface area contributed by atoms with Gasteiger partial charge in [0, 0.05) is 18.5 Å². The number of ether oxygens (including phenoxy) is 3. The summed E-state index contributed by atoms with van der Waals surface area (Å²) in [5.41, 5.74) is 1.26. The van der Waals surface area contributed by atoms with Crippen LogP contribution in [-0.4, -0.2) is 25.2 Å². The molecule has 0 aliphatic heterocycles. The van der Waals surface area contributed by atoms with Gasteiger partial charge in [-0.15, -0.1) is 0 Å². The SMILES string of the molecule is COc1cc(OC)cc(C(=O)OCc2ccncc2)c1. The first-order valence-electron chi connectivity index (χ1n) is 6.02. The maximum absolute atomic E-state index is 12.0. The molecule has 104 valence electrons. The Labute approximate surface area is 117 Å². The van der Waals surface area contributed by atoms with Gasteiger partial charge in [0.25, 0.3) is 0 Å². The van der Waals surface area contributed by atoms with Gasteiger partial charge in [0.1, 0.15) is 18.1 Å². The Balaban J connectivity index is 2.08. The number of methoxy groups -OCH3 is 2. The van der Waals surface area contributed by atoms with Gasteiger partial charge in [-0.2, -0.15) is 0 Å². The van der Waals surface area contributed by atoms with E-state index in [9.17, 15) is 4.79 Å². The van der Waals surface area contributed by atoms with E-state index in [1.165, 1.54) is 14.2 Å². The van der Waals surface area contributed by atoms with Gasteiger partial charge < -0.3 is 14.2 Å². The third-order valence-corrected chi connectivity index (χ3v) is 2.71. The molecule has 2 aromatic rings. The van der Waals surface area contributed by atoms with Gasteiger partial charge in [0.05, 0.1) is 19.8 Å². The molecule has 5 nitrogen and oxygen atoms in total. The monoisotopic (exact) mass is 273 g/mol. The lowest BCUT2D eigenvalue weighted by molar-refractivity contribution is 0.0472. The van der Waals surface area contributed by atoms with Gasteiger partial charge in [-0.3, -0.25) is 4.98 Å². The van der Waals surface area contributed by atoms with Crippen LogP contribution in [0.1, 0.15) is 15.9 Å². The molecule has 0 atom stereocenters. The summed E-state index contributed by atoms with van der Waals surface area (Å²) in [4.78, 5) is 15.9. The topological polar surface area (TPSA) is 57.7 Å². The predicted octanol–water partition coefficient (Wildman–Crippen LogP) is 2.46. The lowest BCUT2D eigenvalue weighted by Crippen LogP contribution is -2.06. The summed E-state index contributed by atoms with van der Waals surface area (Å²) in [5.74, 6) is 0.652. The van der Waals surface area contributed by atoms with Crippen LogP contribution in [0.2, 0.25) is 0 Å². The Bertz CT molecular complexity index is 561. The number of carbonyl (C=O) groups excluding carboxylic acids is 1. The summed E-state index contributed by atoms with van der Waals surface area (Å²) in [7, 11) is 3.06. The van der Waals surface area contributed by atoms with E-state index in [2.05, 4.69) is 4.98 Å². The normalized spacial score (nSPS) is 9.90. The van der Waals surface area contributed by atoms with Crippen LogP contribution in [-0.2, 0) is 11.3 Å². The second-order valence-corrected chi connectivity index (χ2v) is 4.03. The number of hydrogen-bond donors (Lipinski definition) is 0. The Kier molecular flexibility index (Phi) is 4.55. The fourth-order valence-electron chi connectivity index (χ4n) is 1.64. The van der Waals surface area contributed by atoms with Crippen LogP contribution < -0.4 is 9.47 Å². The summed E-state index contributed by atoms with van der Waals surface area (Å²) in [6, 6.07) is 8.49. The van der Waals surface area contributed by atoms with Gasteiger partial charge in [0.15, 0.2) is 0 Å². The molecule has 0 saturated heterocycles. The number of nitrogens with zero attached hydrogens (tertiary/aromatic N) is 1. The van der Waals surface area contributed by atoms with Crippen molar-refractivity contribution in [1.82, 2.24) is 4.98 Å². The van der Waals surface area contributed by atoms with Crippen molar-refractivity contribution in [3.8, 4) is 11.5 Å². The number of pyridine rings is 1. The molecule has 0 aliphatic carbocycles. The highest BCUT2D eigenvalue weighted by Crippen LogP contribution is 2.23. The van der Waals surface area contributed by atoms with Crippen molar-refractivity contribution >= 4 is 5.97 Å². The van der Waals surface area contributed by atoms with Crippen LogP contribution in [0.15, 0.2) is 42.7 Å². The van der Waals surface area contributed by atoms with Crippen molar-refractivity contribution in [1.29, 1.82) is 0 Å². The van der Waals surface area contributed by atoms with Crippen LogP contribution in [0.4, 0.5) is 0 Å². The van der Waals surface area contributed by atoms with Gasteiger partial charge in [-0.05, 0) is 29.8 Å². The minimum atomic E-state index is -0.431. The van der Waals surface area contributed by atoms with Crippen LogP contribution in [0.25, 0.3) is 0 Å². The number of hydrogen-bond acceptors (Lipinski definition) is 5. The molecule has 0 radical (unpaired) electrons. The molecule has 0 fully saturated rings. The first kappa shape index (κ1) is 13.9. The molecule has 0 N–H and O–H groups in total. The quantitative estimate of drug-likeness (QED) is 0.783. The van der Waals surface area contributed by atoms with Crippen molar-refractivity contribution < 1.29 is 19.0 Å². The van der Waals surface area contributed by atoms with E-state index in [0.717, 1.165) is 5.56 Å². The van der Waals surface area contributed by atoms with E-state index in [0.29, 0.717) is 17.1 Å². The molecule has 5 heteroatoms. The number of rotatable bonds is 5. The van der Waals surface area contributed by atoms with Crippen LogP contribution >= 0.6 is 0 Å². The molecule has 0 spiro atoms. The average molecular weight is 273 g/mol. The molecular formula is C15H15NO4. The minimum Gasteiger partial charge on any atom is -0.497 e. The second kappa shape index (κ2) is 6.56. The van der Waals surface area contributed by atoms with Crippen molar-refractivity contribution in [2.45, 2.75) is 6.61 Å². The zero-order chi connectivity index (χ0) is 14.4. The Morgan fingerprint density at radius 3 is 2.20 bits per heavy atom. The number of aromatic nitrogens is 1. The van der Waals surface area contributed by atoms with Crippen molar-refractivity contribution in [2.75, 3.05) is 14.2 Å². The summed E-state index contributed by atoms with van der Waals surface area (Å²) in [6.07, 6.45) is 3.30. The maximum atomic E-state index is 12.0. The van der Waals surface area contributed by atoms with Crippen LogP contribution in [0, 0.1) is 0 Å². The van der Waals surface area contributed by atoms with Gasteiger partial charge >= 0.3 is 5.97 Å². The molecular weight excluding hydrogens is 258 g/mol. The number of benzene rings is 1. The van der Waals surface area contributed by atoms with Gasteiger partial charge in [-0.1, -0.05) is 0 Å². The average Bonchev–Trinajstić information content (AvgIpc) is 2.52. The highest BCUT2D eigenvalue weighted by molar-refractivity contribution is 5.90. The number of carbonyl (C=O) groups is 1. The highest BCUT2D eigenvalue weighted by atomic mass is 16.5. The van der Waals surface area contributed by atoms with E-state index in [4.69, 9.17) is 14.2 Å². The minimum absolute atomic E-state index is 0.195. The van der Waals surface area contributed by atoms with Crippen molar-refractivity contribution in [3.05, 3.63) is 53.9 Å². The first-order valence-corrected chi connectivity index (χ1v) is 6.02. The molecule has 2 rings (SSSR count). The molecule has 1 aromatic heterocycles. The van der Waals surface area contributed by atoms with Crippen LogP contribution in [0.3, 0.4) is 0 Å². The lowest BCUT2D eigenvalue weighted by Gasteiger charge is -2.08. The molecule has 20 heavy (non-hydrogen) atoms. The van der Waals surface area contributed by atoms with E-state index < -0.39 is 5.97 Å². The fourth-order valence-corrected chi connectivity index (χ4v) is 1.64. The third-order valence-electron chi connectivity index (χ3n) is 2.71. The molecule has 1 aromatic carbocycles. The maximum Gasteiger partial charge on any atom is 0.338 e. The van der Waals surface area contributed by atoms with E-state index in [-0.39, 0.29) is 6.61 Å². The highest BCUT2D eigenvalue weighted by Gasteiger charge is 2.11. The Hall–Kier alpha value is -2.56. The fraction of sp³-hybridized carbons (Fsp3) is 0.200. The molecule has 0 bridgehead atoms. The largest absolute Gasteiger partial charge is 0.497 e. The standard InChI is InChI=1S/C15H15NO4/c1-18-13-7-12(8-14(9-13)19-2)15(17)20-10-11-3-5-16-6-4-11/h3-9H,10H2,1-2H3. The molecule has 0 aliphatic rings. The smallest absolute Gasteiger partial charge is 0.338 e. The predicted molar refractivity (Wildman–Crippen MR) is 72.9 cm³/mol. The summed E-state index contributed by atoms with van der Waals surface area (Å²) in [6.45, 7) is 0.195. The van der Waals surface area contributed by atoms with Gasteiger partial charge in [0.2, 0.25) is 0 Å². The lowest BCUT2D eigenvalue weighted by atomic mass is 10.2. The Morgan fingerprint density at radius 2 is 1.65 bits per heavy atom. The van der Waals surface area contributed by atoms with Crippen molar-refractivity contribution in [2.24, 2.45) is 0 Å². The summed E-state index contributed by atoms with van der Waals surface area (Å²) < 4.78 is 15.5. The molecule has 0 amide bonds. The van der Waals surface area contributed by atoms with Gasteiger partial charge in [-0.25, -0.2) is 4.79 Å². The van der Waals surface area contributed by atoms with Crippen molar-refractivity contribution in [3.63, 3.8) is 0 Å². The van der Waals surface area contributed by atoms with Crippen LogP contribution in [0.5, 0.6) is 11.5 Å². The van der Waals surface area contributed by atoms with E-state index in [1.54, 1.807) is 42.7 Å². The Morgan fingerprint density at radius 1 is 1.05 bits per heavy atom. The first-order chi connectivity index (χ1) is 9.72. The summed E-state index contributed by atoms with van der Waals surface area (Å²) in [5, 5.41) is 0. The third kappa shape index (κ3) is 3.47. The second-order valence-electron chi connectivity index (χ2n) is 4.03. The zero-order valence-electron chi connectivity index (χ0n) is 11.3. The molecule has 0 saturated carbocycles.